The third-order valence-corrected chi connectivity index (χ3v) is 6.11. The van der Waals surface area contributed by atoms with Crippen molar-refractivity contribution in [2.45, 2.75) is 50.4 Å². The number of nitrogens with one attached hydrogen (secondary N) is 1. The van der Waals surface area contributed by atoms with Crippen molar-refractivity contribution in [3.05, 3.63) is 79.9 Å². The highest BCUT2D eigenvalue weighted by atomic mass is 79.9. The summed E-state index contributed by atoms with van der Waals surface area (Å²) in [6, 6.07) is 13.5. The Kier molecular flexibility index (Phi) is 12.6. The van der Waals surface area contributed by atoms with Crippen LogP contribution < -0.4 is 5.32 Å². The van der Waals surface area contributed by atoms with Crippen LogP contribution in [0.25, 0.3) is 0 Å². The summed E-state index contributed by atoms with van der Waals surface area (Å²) in [5.41, 5.74) is 2.28. The molecule has 2 aliphatic rings. The van der Waals surface area contributed by atoms with Gasteiger partial charge in [-0.05, 0) is 63.0 Å². The molecule has 2 fully saturated rings. The second kappa shape index (κ2) is 15.5. The van der Waals surface area contributed by atoms with Crippen molar-refractivity contribution >= 4 is 27.3 Å². The Morgan fingerprint density at radius 3 is 1.76 bits per heavy atom. The first-order valence-corrected chi connectivity index (χ1v) is 12.6. The number of likely N-dealkylation sites (tertiary alicyclic amines) is 1. The Balaban J connectivity index is 0.000000195. The van der Waals surface area contributed by atoms with E-state index in [4.69, 9.17) is 0 Å². The lowest BCUT2D eigenvalue weighted by Crippen LogP contribution is -2.29. The number of rotatable bonds is 5. The van der Waals surface area contributed by atoms with Gasteiger partial charge in [-0.25, -0.2) is 0 Å². The van der Waals surface area contributed by atoms with Crippen LogP contribution in [0.15, 0.2) is 48.5 Å². The summed E-state index contributed by atoms with van der Waals surface area (Å²) in [6.45, 7) is 5.56. The summed E-state index contributed by atoms with van der Waals surface area (Å²) in [7, 11) is 0. The average Bonchev–Trinajstić information content (AvgIpc) is 2.87. The summed E-state index contributed by atoms with van der Waals surface area (Å²) >= 11 is 3.22. The van der Waals surface area contributed by atoms with Crippen LogP contribution >= 0.6 is 15.9 Å². The van der Waals surface area contributed by atoms with Gasteiger partial charge in [-0.3, -0.25) is 25.1 Å². The molecule has 0 aromatic heterocycles. The molecule has 2 aromatic rings. The van der Waals surface area contributed by atoms with E-state index >= 15 is 0 Å². The summed E-state index contributed by atoms with van der Waals surface area (Å²) < 4.78 is 0. The highest BCUT2D eigenvalue weighted by molar-refractivity contribution is 9.08. The van der Waals surface area contributed by atoms with Crippen LogP contribution in [0.2, 0.25) is 0 Å². The van der Waals surface area contributed by atoms with Gasteiger partial charge in [-0.2, -0.15) is 0 Å². The van der Waals surface area contributed by atoms with E-state index in [1.54, 1.807) is 30.3 Å². The summed E-state index contributed by atoms with van der Waals surface area (Å²) in [4.78, 5) is 22.5. The van der Waals surface area contributed by atoms with Gasteiger partial charge in [0.2, 0.25) is 0 Å². The van der Waals surface area contributed by atoms with Crippen LogP contribution in [0.4, 0.5) is 11.4 Å². The van der Waals surface area contributed by atoms with Gasteiger partial charge in [-0.1, -0.05) is 53.0 Å². The fourth-order valence-corrected chi connectivity index (χ4v) is 4.05. The molecule has 0 spiro atoms. The van der Waals surface area contributed by atoms with Crippen molar-refractivity contribution in [1.82, 2.24) is 10.2 Å². The van der Waals surface area contributed by atoms with Gasteiger partial charge in [0, 0.05) is 36.1 Å². The molecule has 0 bridgehead atoms. The minimum atomic E-state index is -0.397. The molecule has 2 saturated heterocycles. The summed E-state index contributed by atoms with van der Waals surface area (Å²) in [5, 5.41) is 24.8. The molecule has 0 saturated carbocycles. The van der Waals surface area contributed by atoms with Gasteiger partial charge in [0.05, 0.1) is 9.85 Å². The lowest BCUT2D eigenvalue weighted by Gasteiger charge is -2.26. The maximum atomic E-state index is 10.6. The topological polar surface area (TPSA) is 102 Å². The summed E-state index contributed by atoms with van der Waals surface area (Å²) in [6.07, 6.45) is 8.02. The van der Waals surface area contributed by atoms with Gasteiger partial charge in [0.1, 0.15) is 0 Å². The lowest BCUT2D eigenvalue weighted by atomic mass is 10.1. The van der Waals surface area contributed by atoms with E-state index < -0.39 is 4.92 Å². The highest BCUT2D eigenvalue weighted by Crippen LogP contribution is 2.17. The van der Waals surface area contributed by atoms with Crippen molar-refractivity contribution in [2.75, 3.05) is 26.2 Å². The van der Waals surface area contributed by atoms with E-state index in [0.717, 1.165) is 30.8 Å². The molecule has 0 amide bonds. The zero-order valence-electron chi connectivity index (χ0n) is 19.0. The molecule has 4 rings (SSSR count). The fraction of sp³-hybridized carbons (Fsp3) is 0.500. The second-order valence-electron chi connectivity index (χ2n) is 8.14. The van der Waals surface area contributed by atoms with Crippen LogP contribution in [0, 0.1) is 20.2 Å². The molecule has 1 N–H and O–H groups in total. The Labute approximate surface area is 203 Å². The Morgan fingerprint density at radius 1 is 0.788 bits per heavy atom. The molecular weight excluding hydrogens is 488 g/mol. The number of halogens is 1. The van der Waals surface area contributed by atoms with Crippen LogP contribution in [-0.2, 0) is 11.9 Å². The Bertz CT molecular complexity index is 860. The van der Waals surface area contributed by atoms with Gasteiger partial charge in [-0.15, -0.1) is 0 Å². The predicted molar refractivity (Wildman–Crippen MR) is 135 cm³/mol. The van der Waals surface area contributed by atoms with Crippen LogP contribution in [0.3, 0.4) is 0 Å². The molecule has 2 aliphatic heterocycles. The average molecular weight is 521 g/mol. The van der Waals surface area contributed by atoms with Gasteiger partial charge in [0.25, 0.3) is 11.4 Å². The zero-order chi connectivity index (χ0) is 23.9. The van der Waals surface area contributed by atoms with E-state index in [1.807, 2.05) is 12.1 Å². The fourth-order valence-electron chi connectivity index (χ4n) is 3.70. The molecule has 0 atom stereocenters. The number of nitrogens with zero attached hydrogens (tertiary/aromatic N) is 3. The number of hydrogen-bond donors (Lipinski definition) is 1. The smallest absolute Gasteiger partial charge is 0.269 e. The lowest BCUT2D eigenvalue weighted by molar-refractivity contribution is -0.385. The van der Waals surface area contributed by atoms with Crippen LogP contribution in [-0.4, -0.2) is 40.9 Å². The molecule has 0 aliphatic carbocycles. The largest absolute Gasteiger partial charge is 0.317 e. The molecule has 33 heavy (non-hydrogen) atoms. The number of non-ortho nitro benzene ring substituents is 2. The molecule has 0 unspecified atom stereocenters. The maximum absolute atomic E-state index is 10.6. The number of nitro groups is 2. The van der Waals surface area contributed by atoms with E-state index in [2.05, 4.69) is 26.1 Å². The monoisotopic (exact) mass is 520 g/mol. The number of nitro benzene ring substituents is 2. The van der Waals surface area contributed by atoms with Gasteiger partial charge in [0.15, 0.2) is 0 Å². The first kappa shape index (κ1) is 26.9. The van der Waals surface area contributed by atoms with E-state index in [9.17, 15) is 20.2 Å². The normalized spacial score (nSPS) is 15.9. The van der Waals surface area contributed by atoms with Crippen LogP contribution in [0.5, 0.6) is 0 Å². The zero-order valence-corrected chi connectivity index (χ0v) is 20.5. The Hall–Kier alpha value is -2.36. The predicted octanol–water partition coefficient (Wildman–Crippen LogP) is 5.83. The third kappa shape index (κ3) is 10.9. The molecule has 0 radical (unpaired) electrons. The SMILES string of the molecule is C1CCNCC1.O=[N+]([O-])c1cccc(CBr)c1.O=[N+]([O-])c1cccc(CN2CCCCC2)c1. The first-order chi connectivity index (χ1) is 16.0. The third-order valence-electron chi connectivity index (χ3n) is 5.46. The summed E-state index contributed by atoms with van der Waals surface area (Å²) in [5.74, 6) is 0. The quantitative estimate of drug-likeness (QED) is 0.302. The van der Waals surface area contributed by atoms with Crippen molar-refractivity contribution < 1.29 is 9.85 Å². The van der Waals surface area contributed by atoms with Crippen molar-refractivity contribution in [3.63, 3.8) is 0 Å². The number of hydrogen-bond acceptors (Lipinski definition) is 6. The maximum Gasteiger partial charge on any atom is 0.269 e. The van der Waals surface area contributed by atoms with E-state index in [0.29, 0.717) is 5.33 Å². The number of piperidine rings is 2. The van der Waals surface area contributed by atoms with Crippen LogP contribution in [0.1, 0.15) is 49.7 Å². The Morgan fingerprint density at radius 2 is 1.30 bits per heavy atom. The molecule has 180 valence electrons. The molecular formula is C24H33BrN4O4. The van der Waals surface area contributed by atoms with E-state index in [1.165, 1.54) is 57.7 Å². The minimum Gasteiger partial charge on any atom is -0.317 e. The minimum absolute atomic E-state index is 0.141. The number of alkyl halides is 1. The second-order valence-corrected chi connectivity index (χ2v) is 8.70. The molecule has 9 heteroatoms. The van der Waals surface area contributed by atoms with Gasteiger partial charge < -0.3 is 5.32 Å². The number of benzene rings is 2. The van der Waals surface area contributed by atoms with Crippen molar-refractivity contribution in [1.29, 1.82) is 0 Å². The standard InChI is InChI=1S/C12H16N2O2.C7H6BrNO2.C5H11N/c15-14(16)12-6-4-5-11(9-12)10-13-7-2-1-3-8-13;8-5-6-2-1-3-7(4-6)9(10)11;1-2-4-6-5-3-1/h4-6,9H,1-3,7-8,10H2;1-4H,5H2;6H,1-5H2. The first-order valence-electron chi connectivity index (χ1n) is 11.5. The van der Waals surface area contributed by atoms with E-state index in [-0.39, 0.29) is 16.3 Å². The van der Waals surface area contributed by atoms with Gasteiger partial charge >= 0.3 is 0 Å². The molecule has 2 aromatic carbocycles. The highest BCUT2D eigenvalue weighted by Gasteiger charge is 2.12. The van der Waals surface area contributed by atoms with Crippen molar-refractivity contribution in [3.8, 4) is 0 Å². The molecule has 8 nitrogen and oxygen atoms in total. The molecule has 2 heterocycles. The van der Waals surface area contributed by atoms with Crippen molar-refractivity contribution in [2.24, 2.45) is 0 Å².